The molecule has 13 heteroatoms. The number of carbonyl (C=O) groups excluding carboxylic acids is 4. The summed E-state index contributed by atoms with van der Waals surface area (Å²) in [7, 11) is -4.18. The minimum absolute atomic E-state index is 0.131. The van der Waals surface area contributed by atoms with Crippen LogP contribution in [0.5, 0.6) is 0 Å². The van der Waals surface area contributed by atoms with Crippen LogP contribution in [0.15, 0.2) is 29.2 Å². The summed E-state index contributed by atoms with van der Waals surface area (Å²) in [5.74, 6) is -1.74. The summed E-state index contributed by atoms with van der Waals surface area (Å²) < 4.78 is 32.9. The monoisotopic (exact) mass is 640 g/mol. The van der Waals surface area contributed by atoms with E-state index < -0.39 is 51.2 Å². The Hall–Kier alpha value is -2.86. The van der Waals surface area contributed by atoms with Crippen LogP contribution in [0.4, 0.5) is 4.79 Å². The third-order valence-electron chi connectivity index (χ3n) is 7.57. The minimum atomic E-state index is -4.18. The van der Waals surface area contributed by atoms with E-state index in [9.17, 15) is 27.6 Å². The number of rotatable bonds is 14. The predicted molar refractivity (Wildman–Crippen MR) is 163 cm³/mol. The molecule has 0 aromatic heterocycles. The lowest BCUT2D eigenvalue weighted by Gasteiger charge is -2.30. The maximum atomic E-state index is 13.7. The van der Waals surface area contributed by atoms with Crippen LogP contribution in [0.25, 0.3) is 0 Å². The van der Waals surface area contributed by atoms with Crippen molar-refractivity contribution in [2.45, 2.75) is 126 Å². The highest BCUT2D eigenvalue weighted by atomic mass is 35.5. The van der Waals surface area contributed by atoms with Gasteiger partial charge in [-0.3, -0.25) is 14.4 Å². The van der Waals surface area contributed by atoms with Crippen molar-refractivity contribution < 1.29 is 32.3 Å². The highest BCUT2D eigenvalue weighted by molar-refractivity contribution is 7.90. The molecule has 0 spiro atoms. The predicted octanol–water partition coefficient (Wildman–Crippen LogP) is 4.43. The Labute approximate surface area is 259 Å². The molecule has 4 amide bonds. The number of nitrogens with one attached hydrogen (secondary N) is 3. The fourth-order valence-corrected chi connectivity index (χ4v) is 6.26. The number of hydrogen-bond donors (Lipinski definition) is 3. The van der Waals surface area contributed by atoms with E-state index in [1.54, 1.807) is 20.8 Å². The zero-order valence-electron chi connectivity index (χ0n) is 25.5. The fourth-order valence-electron chi connectivity index (χ4n) is 5.08. The van der Waals surface area contributed by atoms with Crippen LogP contribution in [0.3, 0.4) is 0 Å². The largest absolute Gasteiger partial charge is 0.444 e. The Morgan fingerprint density at radius 3 is 2.28 bits per heavy atom. The number of amides is 4. The molecule has 0 unspecified atom stereocenters. The van der Waals surface area contributed by atoms with E-state index in [1.807, 2.05) is 0 Å². The highest BCUT2D eigenvalue weighted by Gasteiger charge is 2.54. The second-order valence-corrected chi connectivity index (χ2v) is 14.5. The molecule has 1 aliphatic heterocycles. The lowest BCUT2D eigenvalue weighted by molar-refractivity contribution is -0.141. The smallest absolute Gasteiger partial charge is 0.408 e. The number of ether oxygens (including phenoxy) is 1. The summed E-state index contributed by atoms with van der Waals surface area (Å²) in [6.45, 7) is 7.68. The first-order valence-corrected chi connectivity index (χ1v) is 17.0. The molecule has 11 nitrogen and oxygen atoms in total. The van der Waals surface area contributed by atoms with Gasteiger partial charge >= 0.3 is 6.09 Å². The van der Waals surface area contributed by atoms with Crippen LogP contribution >= 0.6 is 11.6 Å². The van der Waals surface area contributed by atoms with Gasteiger partial charge in [-0.1, -0.05) is 57.0 Å². The maximum Gasteiger partial charge on any atom is 0.408 e. The van der Waals surface area contributed by atoms with Gasteiger partial charge in [0.15, 0.2) is 0 Å². The lowest BCUT2D eigenvalue weighted by atomic mass is 10.0. The van der Waals surface area contributed by atoms with Crippen molar-refractivity contribution in [1.29, 1.82) is 0 Å². The molecule has 1 aromatic carbocycles. The van der Waals surface area contributed by atoms with Crippen molar-refractivity contribution in [1.82, 2.24) is 20.3 Å². The van der Waals surface area contributed by atoms with Gasteiger partial charge in [-0.25, -0.2) is 17.9 Å². The Kier molecular flexibility index (Phi) is 11.9. The molecular formula is C30H45ClN4O7S. The zero-order chi connectivity index (χ0) is 31.8. The second-order valence-electron chi connectivity index (χ2n) is 12.4. The number of hydrogen-bond acceptors (Lipinski definition) is 7. The zero-order valence-corrected chi connectivity index (χ0v) is 27.1. The number of sulfonamides is 1. The molecule has 2 fully saturated rings. The first-order valence-electron chi connectivity index (χ1n) is 15.1. The molecule has 1 heterocycles. The second kappa shape index (κ2) is 14.7. The van der Waals surface area contributed by atoms with Gasteiger partial charge in [0.05, 0.1) is 4.90 Å². The number of likely N-dealkylation sites (tertiary alicyclic amines) is 1. The van der Waals surface area contributed by atoms with Crippen LogP contribution in [0.1, 0.15) is 98.3 Å². The van der Waals surface area contributed by atoms with Gasteiger partial charge in [0.1, 0.15) is 23.2 Å². The average Bonchev–Trinajstić information content (AvgIpc) is 3.53. The number of nitrogens with zero attached hydrogens (tertiary/aromatic N) is 1. The van der Waals surface area contributed by atoms with Crippen molar-refractivity contribution in [3.05, 3.63) is 29.3 Å². The summed E-state index contributed by atoms with van der Waals surface area (Å²) in [4.78, 5) is 54.1. The average molecular weight is 641 g/mol. The van der Waals surface area contributed by atoms with Crippen molar-refractivity contribution in [3.63, 3.8) is 0 Å². The third kappa shape index (κ3) is 10.1. The van der Waals surface area contributed by atoms with Crippen LogP contribution in [-0.4, -0.2) is 66.9 Å². The van der Waals surface area contributed by atoms with Gasteiger partial charge < -0.3 is 20.3 Å². The fraction of sp³-hybridized carbons (Fsp3) is 0.667. The van der Waals surface area contributed by atoms with Gasteiger partial charge in [0.25, 0.3) is 15.9 Å². The number of unbranched alkanes of at least 4 members (excludes halogenated alkanes) is 5. The molecular weight excluding hydrogens is 596 g/mol. The Morgan fingerprint density at radius 2 is 1.67 bits per heavy atom. The number of carbonyl (C=O) groups is 4. The van der Waals surface area contributed by atoms with Crippen molar-refractivity contribution in [3.8, 4) is 0 Å². The molecule has 1 saturated carbocycles. The molecule has 1 aliphatic carbocycles. The quantitative estimate of drug-likeness (QED) is 0.255. The Balaban J connectivity index is 1.66. The van der Waals surface area contributed by atoms with Gasteiger partial charge in [-0.05, 0) is 77.1 Å². The lowest BCUT2D eigenvalue weighted by Crippen LogP contribution is -2.57. The van der Waals surface area contributed by atoms with E-state index in [2.05, 4.69) is 22.3 Å². The SMILES string of the molecule is CCCCCCCC[C@H](NC(=O)OC(C)(C)C)C(=O)N1CCC[C@H]1C(=O)NC1(C(=O)NS(=O)(=O)c2ccc(Cl)cc2)CC1. The van der Waals surface area contributed by atoms with Crippen LogP contribution in [0, 0.1) is 0 Å². The Bertz CT molecular complexity index is 1260. The normalized spacial score (nSPS) is 18.4. The topological polar surface area (TPSA) is 151 Å². The van der Waals surface area contributed by atoms with Gasteiger partial charge in [0, 0.05) is 11.6 Å². The molecule has 2 atom stereocenters. The van der Waals surface area contributed by atoms with E-state index in [0.29, 0.717) is 30.8 Å². The van der Waals surface area contributed by atoms with Gasteiger partial charge in [0.2, 0.25) is 11.8 Å². The molecule has 0 bridgehead atoms. The van der Waals surface area contributed by atoms with Crippen molar-refractivity contribution in [2.24, 2.45) is 0 Å². The van der Waals surface area contributed by atoms with E-state index >= 15 is 0 Å². The van der Waals surface area contributed by atoms with Crippen molar-refractivity contribution in [2.75, 3.05) is 6.54 Å². The molecule has 1 aromatic rings. The first kappa shape index (κ1) is 34.6. The van der Waals surface area contributed by atoms with E-state index in [0.717, 1.165) is 38.5 Å². The Morgan fingerprint density at radius 1 is 1.05 bits per heavy atom. The van der Waals surface area contributed by atoms with Crippen LogP contribution in [0.2, 0.25) is 5.02 Å². The standard InChI is InChI=1S/C30H45ClN4O7S/c1-5-6-7-8-9-10-12-23(32-28(39)42-29(2,3)4)26(37)35-20-11-13-24(35)25(36)33-30(18-19-30)27(38)34-43(40,41)22-16-14-21(31)15-17-22/h14-17,23-24H,5-13,18-20H2,1-4H3,(H,32,39)(H,33,36)(H,34,38)/t23-,24-/m0/s1. The molecule has 2 aliphatic rings. The molecule has 3 rings (SSSR count). The highest BCUT2D eigenvalue weighted by Crippen LogP contribution is 2.37. The van der Waals surface area contributed by atoms with Crippen LogP contribution in [-0.2, 0) is 29.1 Å². The van der Waals surface area contributed by atoms with Crippen molar-refractivity contribution >= 4 is 45.4 Å². The summed E-state index contributed by atoms with van der Waals surface area (Å²) in [5, 5.41) is 5.78. The van der Waals surface area contributed by atoms with Gasteiger partial charge in [-0.15, -0.1) is 0 Å². The van der Waals surface area contributed by atoms with E-state index in [-0.39, 0.29) is 23.6 Å². The number of halogens is 1. The minimum Gasteiger partial charge on any atom is -0.444 e. The molecule has 43 heavy (non-hydrogen) atoms. The molecule has 240 valence electrons. The summed E-state index contributed by atoms with van der Waals surface area (Å²) in [6.07, 6.45) is 7.26. The number of benzene rings is 1. The van der Waals surface area contributed by atoms with E-state index in [4.69, 9.17) is 16.3 Å². The maximum absolute atomic E-state index is 13.7. The molecule has 0 radical (unpaired) electrons. The summed E-state index contributed by atoms with van der Waals surface area (Å²) in [6, 6.07) is 3.66. The van der Waals surface area contributed by atoms with Crippen LogP contribution < -0.4 is 15.4 Å². The van der Waals surface area contributed by atoms with Gasteiger partial charge in [-0.2, -0.15) is 0 Å². The number of alkyl carbamates (subject to hydrolysis) is 1. The van der Waals surface area contributed by atoms with E-state index in [1.165, 1.54) is 29.2 Å². The molecule has 3 N–H and O–H groups in total. The third-order valence-corrected chi connectivity index (χ3v) is 9.17. The summed E-state index contributed by atoms with van der Waals surface area (Å²) >= 11 is 5.84. The molecule has 1 saturated heterocycles. The first-order chi connectivity index (χ1) is 20.2. The summed E-state index contributed by atoms with van der Waals surface area (Å²) in [5.41, 5.74) is -2.12.